The van der Waals surface area contributed by atoms with Gasteiger partial charge in [0.25, 0.3) is 5.91 Å². The first-order valence-electron chi connectivity index (χ1n) is 9.72. The average Bonchev–Trinajstić information content (AvgIpc) is 3.47. The fourth-order valence-electron chi connectivity index (χ4n) is 3.29. The molecule has 0 saturated carbocycles. The van der Waals surface area contributed by atoms with E-state index in [1.807, 2.05) is 61.7 Å². The van der Waals surface area contributed by atoms with Crippen LogP contribution in [0.1, 0.15) is 21.8 Å². The molecule has 0 fully saturated rings. The molecular formula is C23H19N3O3S2. The van der Waals surface area contributed by atoms with Gasteiger partial charge in [-0.05, 0) is 49.8 Å². The van der Waals surface area contributed by atoms with E-state index in [1.54, 1.807) is 22.3 Å². The molecule has 0 radical (unpaired) electrons. The van der Waals surface area contributed by atoms with Gasteiger partial charge < -0.3 is 9.47 Å². The van der Waals surface area contributed by atoms with Gasteiger partial charge >= 0.3 is 0 Å². The maximum Gasteiger partial charge on any atom is 0.283 e. The fraction of sp³-hybridized carbons (Fsp3) is 0.174. The van der Waals surface area contributed by atoms with Crippen LogP contribution in [0, 0.1) is 13.8 Å². The number of amides is 1. The van der Waals surface area contributed by atoms with Crippen LogP contribution in [0.4, 0.5) is 5.69 Å². The molecule has 0 saturated heterocycles. The lowest BCUT2D eigenvalue weighted by atomic mass is 10.1. The number of anilines is 1. The van der Waals surface area contributed by atoms with Crippen LogP contribution in [0.2, 0.25) is 0 Å². The first-order valence-corrected chi connectivity index (χ1v) is 11.6. The second-order valence-corrected chi connectivity index (χ2v) is 9.16. The summed E-state index contributed by atoms with van der Waals surface area (Å²) >= 11 is 3.13. The van der Waals surface area contributed by atoms with E-state index >= 15 is 0 Å². The number of fused-ring (bicyclic) bond motifs is 1. The summed E-state index contributed by atoms with van der Waals surface area (Å²) in [6.45, 7) is 4.22. The number of aromatic nitrogens is 1. The van der Waals surface area contributed by atoms with Gasteiger partial charge in [0.15, 0.2) is 16.7 Å². The molecule has 1 amide bonds. The maximum absolute atomic E-state index is 13.3. The number of amidine groups is 1. The molecule has 5 rings (SSSR count). The Kier molecular flexibility index (Phi) is 5.25. The first kappa shape index (κ1) is 19.8. The number of hydrogen-bond acceptors (Lipinski definition) is 7. The van der Waals surface area contributed by atoms with Gasteiger partial charge in [0, 0.05) is 11.1 Å². The fourth-order valence-corrected chi connectivity index (χ4v) is 4.91. The molecule has 3 heterocycles. The van der Waals surface area contributed by atoms with Crippen LogP contribution >= 0.6 is 23.1 Å². The molecular weight excluding hydrogens is 430 g/mol. The van der Waals surface area contributed by atoms with Gasteiger partial charge in [-0.3, -0.25) is 9.69 Å². The van der Waals surface area contributed by atoms with Crippen molar-refractivity contribution in [3.05, 3.63) is 75.4 Å². The van der Waals surface area contributed by atoms with Crippen LogP contribution < -0.4 is 14.4 Å². The lowest BCUT2D eigenvalue weighted by Crippen LogP contribution is -2.30. The number of carbonyl (C=O) groups excluding carboxylic acids is 1. The Morgan fingerprint density at radius 1 is 1.13 bits per heavy atom. The molecule has 0 aliphatic carbocycles. The summed E-state index contributed by atoms with van der Waals surface area (Å²) in [6.07, 6.45) is 1.78. The number of aryl methyl sites for hydroxylation is 2. The maximum atomic E-state index is 13.3. The minimum atomic E-state index is -0.154. The van der Waals surface area contributed by atoms with Crippen molar-refractivity contribution in [2.75, 3.05) is 11.7 Å². The van der Waals surface area contributed by atoms with Crippen molar-refractivity contribution in [1.82, 2.24) is 4.98 Å². The highest BCUT2D eigenvalue weighted by molar-refractivity contribution is 8.13. The van der Waals surface area contributed by atoms with Crippen LogP contribution in [0.5, 0.6) is 11.5 Å². The SMILES string of the molecule is Cc1ccc(N2C(=O)/C(=C\c3ccc4c(c3)OCO4)N=C2SCc2csc(C)n2)cc1. The molecule has 2 aromatic carbocycles. The number of benzene rings is 2. The lowest BCUT2D eigenvalue weighted by Gasteiger charge is -2.17. The summed E-state index contributed by atoms with van der Waals surface area (Å²) in [5, 5.41) is 3.71. The molecule has 0 atom stereocenters. The molecule has 3 aromatic rings. The van der Waals surface area contributed by atoms with Gasteiger partial charge in [0.05, 0.1) is 16.4 Å². The molecule has 0 bridgehead atoms. The molecule has 8 heteroatoms. The van der Waals surface area contributed by atoms with Crippen molar-refractivity contribution in [2.24, 2.45) is 4.99 Å². The molecule has 0 N–H and O–H groups in total. The summed E-state index contributed by atoms with van der Waals surface area (Å²) in [4.78, 5) is 24.2. The quantitative estimate of drug-likeness (QED) is 0.515. The number of ether oxygens (including phenoxy) is 2. The van der Waals surface area contributed by atoms with Gasteiger partial charge in [-0.1, -0.05) is 35.5 Å². The topological polar surface area (TPSA) is 64.0 Å². The average molecular weight is 450 g/mol. The van der Waals surface area contributed by atoms with Gasteiger partial charge in [-0.25, -0.2) is 9.98 Å². The van der Waals surface area contributed by atoms with Crippen molar-refractivity contribution in [3.8, 4) is 11.5 Å². The Bertz CT molecular complexity index is 1220. The Hall–Kier alpha value is -3.10. The van der Waals surface area contributed by atoms with E-state index in [-0.39, 0.29) is 12.7 Å². The standard InChI is InChI=1S/C23H19N3O3S2/c1-14-3-6-18(7-4-14)26-22(27)19(9-16-5-8-20-21(10-16)29-13-28-20)25-23(26)31-12-17-11-30-15(2)24-17/h3-11H,12-13H2,1-2H3/b19-9+. The van der Waals surface area contributed by atoms with Crippen molar-refractivity contribution < 1.29 is 14.3 Å². The molecule has 6 nitrogen and oxygen atoms in total. The first-order chi connectivity index (χ1) is 15.1. The van der Waals surface area contributed by atoms with E-state index in [4.69, 9.17) is 9.47 Å². The van der Waals surface area contributed by atoms with Crippen molar-refractivity contribution in [3.63, 3.8) is 0 Å². The summed E-state index contributed by atoms with van der Waals surface area (Å²) in [5.74, 6) is 1.88. The van der Waals surface area contributed by atoms with Gasteiger partial charge in [-0.15, -0.1) is 11.3 Å². The molecule has 2 aliphatic heterocycles. The van der Waals surface area contributed by atoms with Gasteiger partial charge in [0.1, 0.15) is 5.70 Å². The van der Waals surface area contributed by atoms with Crippen LogP contribution in [0.25, 0.3) is 6.08 Å². The van der Waals surface area contributed by atoms with Crippen LogP contribution in [-0.4, -0.2) is 22.9 Å². The highest BCUT2D eigenvalue weighted by Crippen LogP contribution is 2.35. The summed E-state index contributed by atoms with van der Waals surface area (Å²) in [5.41, 5.74) is 4.14. The van der Waals surface area contributed by atoms with E-state index in [0.717, 1.165) is 27.5 Å². The van der Waals surface area contributed by atoms with E-state index < -0.39 is 0 Å². The van der Waals surface area contributed by atoms with Gasteiger partial charge in [-0.2, -0.15) is 0 Å². The van der Waals surface area contributed by atoms with Crippen molar-refractivity contribution in [2.45, 2.75) is 19.6 Å². The predicted molar refractivity (Wildman–Crippen MR) is 125 cm³/mol. The van der Waals surface area contributed by atoms with E-state index in [1.165, 1.54) is 11.8 Å². The zero-order valence-electron chi connectivity index (χ0n) is 17.0. The molecule has 2 aliphatic rings. The van der Waals surface area contributed by atoms with E-state index in [2.05, 4.69) is 9.98 Å². The number of rotatable bonds is 4. The van der Waals surface area contributed by atoms with Crippen molar-refractivity contribution in [1.29, 1.82) is 0 Å². The molecule has 31 heavy (non-hydrogen) atoms. The van der Waals surface area contributed by atoms with Gasteiger partial charge in [0.2, 0.25) is 6.79 Å². The second-order valence-electron chi connectivity index (χ2n) is 7.16. The second kappa shape index (κ2) is 8.20. The summed E-state index contributed by atoms with van der Waals surface area (Å²) in [7, 11) is 0. The smallest absolute Gasteiger partial charge is 0.283 e. The van der Waals surface area contributed by atoms with Crippen molar-refractivity contribution >= 4 is 45.9 Å². The largest absolute Gasteiger partial charge is 0.454 e. The third-order valence-corrected chi connectivity index (χ3v) is 6.63. The predicted octanol–water partition coefficient (Wildman–Crippen LogP) is 5.17. The Morgan fingerprint density at radius 2 is 1.94 bits per heavy atom. The third-order valence-electron chi connectivity index (χ3n) is 4.84. The molecule has 0 unspecified atom stereocenters. The minimum Gasteiger partial charge on any atom is -0.454 e. The zero-order valence-corrected chi connectivity index (χ0v) is 18.6. The Labute approximate surface area is 188 Å². The Morgan fingerprint density at radius 3 is 2.71 bits per heavy atom. The van der Waals surface area contributed by atoms with Crippen LogP contribution in [0.3, 0.4) is 0 Å². The van der Waals surface area contributed by atoms with E-state index in [0.29, 0.717) is 28.1 Å². The molecule has 1 aromatic heterocycles. The highest BCUT2D eigenvalue weighted by atomic mass is 32.2. The van der Waals surface area contributed by atoms with Crippen LogP contribution in [-0.2, 0) is 10.5 Å². The summed E-state index contributed by atoms with van der Waals surface area (Å²) in [6, 6.07) is 13.5. The zero-order chi connectivity index (χ0) is 21.4. The number of hydrogen-bond donors (Lipinski definition) is 0. The minimum absolute atomic E-state index is 0.154. The number of nitrogens with zero attached hydrogens (tertiary/aromatic N) is 3. The summed E-state index contributed by atoms with van der Waals surface area (Å²) < 4.78 is 10.8. The Balaban J connectivity index is 1.47. The third kappa shape index (κ3) is 4.08. The number of aliphatic imine (C=N–C) groups is 1. The van der Waals surface area contributed by atoms with Crippen LogP contribution in [0.15, 0.2) is 58.5 Å². The number of carbonyl (C=O) groups is 1. The molecule has 156 valence electrons. The lowest BCUT2D eigenvalue weighted by molar-refractivity contribution is -0.113. The highest BCUT2D eigenvalue weighted by Gasteiger charge is 2.32. The monoisotopic (exact) mass is 449 g/mol. The number of thioether (sulfide) groups is 1. The van der Waals surface area contributed by atoms with E-state index in [9.17, 15) is 4.79 Å². The molecule has 0 spiro atoms. The number of thiazole rings is 1. The normalized spacial score (nSPS) is 16.3.